The Hall–Kier alpha value is -0.610. The summed E-state index contributed by atoms with van der Waals surface area (Å²) in [6.07, 6.45) is 3.92. The number of hydrogen-bond acceptors (Lipinski definition) is 3. The number of carbonyl (C=O) groups is 1. The molecule has 2 heterocycles. The van der Waals surface area contributed by atoms with Crippen LogP contribution in [0, 0.1) is 5.92 Å². The molecule has 0 radical (unpaired) electrons. The standard InChI is InChI=1S/C14H27N3O/c1-11(2)8-13-15-9-14(18)17(13)12(3)10-16-6-4-5-7-16/h11-13,15H,4-10H2,1-3H3. The number of carbonyl (C=O) groups excluding carboxylic acids is 1. The summed E-state index contributed by atoms with van der Waals surface area (Å²) in [4.78, 5) is 16.6. The molecule has 18 heavy (non-hydrogen) atoms. The van der Waals surface area contributed by atoms with Crippen LogP contribution in [0.25, 0.3) is 0 Å². The molecule has 4 nitrogen and oxygen atoms in total. The lowest BCUT2D eigenvalue weighted by molar-refractivity contribution is -0.130. The fourth-order valence-corrected chi connectivity index (χ4v) is 3.19. The predicted octanol–water partition coefficient (Wildman–Crippen LogP) is 1.27. The third kappa shape index (κ3) is 3.23. The zero-order valence-electron chi connectivity index (χ0n) is 12.0. The number of amides is 1. The first-order valence-corrected chi connectivity index (χ1v) is 7.35. The molecule has 2 fully saturated rings. The topological polar surface area (TPSA) is 35.6 Å². The SMILES string of the molecule is CC(C)CC1NCC(=O)N1C(C)CN1CCCC1. The smallest absolute Gasteiger partial charge is 0.238 e. The van der Waals surface area contributed by atoms with Gasteiger partial charge in [0.2, 0.25) is 5.91 Å². The number of nitrogens with zero attached hydrogens (tertiary/aromatic N) is 2. The molecule has 2 aliphatic heterocycles. The van der Waals surface area contributed by atoms with Crippen LogP contribution in [0.1, 0.15) is 40.0 Å². The second kappa shape index (κ2) is 6.02. The van der Waals surface area contributed by atoms with Crippen molar-refractivity contribution in [2.24, 2.45) is 5.92 Å². The molecule has 0 aromatic heterocycles. The van der Waals surface area contributed by atoms with Gasteiger partial charge in [0.05, 0.1) is 12.7 Å². The highest BCUT2D eigenvalue weighted by Crippen LogP contribution is 2.19. The molecule has 4 heteroatoms. The Morgan fingerprint density at radius 1 is 1.28 bits per heavy atom. The van der Waals surface area contributed by atoms with Gasteiger partial charge in [0.25, 0.3) is 0 Å². The highest BCUT2D eigenvalue weighted by molar-refractivity contribution is 5.81. The molecule has 104 valence electrons. The van der Waals surface area contributed by atoms with E-state index in [4.69, 9.17) is 0 Å². The number of likely N-dealkylation sites (tertiary alicyclic amines) is 1. The first-order valence-electron chi connectivity index (χ1n) is 7.35. The number of nitrogens with one attached hydrogen (secondary N) is 1. The predicted molar refractivity (Wildman–Crippen MR) is 73.2 cm³/mol. The largest absolute Gasteiger partial charge is 0.322 e. The highest BCUT2D eigenvalue weighted by atomic mass is 16.2. The van der Waals surface area contributed by atoms with Crippen molar-refractivity contribution in [1.29, 1.82) is 0 Å². The van der Waals surface area contributed by atoms with E-state index in [0.29, 0.717) is 18.5 Å². The van der Waals surface area contributed by atoms with Gasteiger partial charge in [0.15, 0.2) is 0 Å². The summed E-state index contributed by atoms with van der Waals surface area (Å²) in [5, 5.41) is 3.35. The second-order valence-electron chi connectivity index (χ2n) is 6.18. The molecular formula is C14H27N3O. The monoisotopic (exact) mass is 253 g/mol. The van der Waals surface area contributed by atoms with Crippen molar-refractivity contribution >= 4 is 5.91 Å². The average molecular weight is 253 g/mol. The second-order valence-corrected chi connectivity index (χ2v) is 6.18. The Morgan fingerprint density at radius 3 is 2.56 bits per heavy atom. The zero-order valence-corrected chi connectivity index (χ0v) is 12.0. The minimum absolute atomic E-state index is 0.245. The summed E-state index contributed by atoms with van der Waals surface area (Å²) in [7, 11) is 0. The fourth-order valence-electron chi connectivity index (χ4n) is 3.19. The average Bonchev–Trinajstić information content (AvgIpc) is 2.88. The van der Waals surface area contributed by atoms with Gasteiger partial charge >= 0.3 is 0 Å². The van der Waals surface area contributed by atoms with Crippen LogP contribution in [0.15, 0.2) is 0 Å². The lowest BCUT2D eigenvalue weighted by Crippen LogP contribution is -2.48. The molecule has 1 N–H and O–H groups in total. The van der Waals surface area contributed by atoms with Gasteiger partial charge in [-0.15, -0.1) is 0 Å². The van der Waals surface area contributed by atoms with Gasteiger partial charge in [0, 0.05) is 12.6 Å². The molecule has 1 amide bonds. The van der Waals surface area contributed by atoms with Gasteiger partial charge in [-0.3, -0.25) is 10.1 Å². The molecule has 0 spiro atoms. The third-order valence-corrected chi connectivity index (χ3v) is 4.00. The van der Waals surface area contributed by atoms with Gasteiger partial charge in [0.1, 0.15) is 0 Å². The first kappa shape index (κ1) is 13.8. The Morgan fingerprint density at radius 2 is 1.94 bits per heavy atom. The Kier molecular flexibility index (Phi) is 4.62. The normalized spacial score (nSPS) is 27.4. The molecule has 2 atom stereocenters. The highest BCUT2D eigenvalue weighted by Gasteiger charge is 2.34. The minimum atomic E-state index is 0.245. The maximum absolute atomic E-state index is 12.0. The van der Waals surface area contributed by atoms with E-state index >= 15 is 0 Å². The quantitative estimate of drug-likeness (QED) is 0.801. The van der Waals surface area contributed by atoms with Gasteiger partial charge < -0.3 is 9.80 Å². The number of hydrogen-bond donors (Lipinski definition) is 1. The van der Waals surface area contributed by atoms with E-state index in [9.17, 15) is 4.79 Å². The molecule has 2 unspecified atom stereocenters. The van der Waals surface area contributed by atoms with Crippen LogP contribution in [0.4, 0.5) is 0 Å². The molecule has 0 aliphatic carbocycles. The van der Waals surface area contributed by atoms with Crippen molar-refractivity contribution in [3.8, 4) is 0 Å². The summed E-state index contributed by atoms with van der Waals surface area (Å²) in [5.41, 5.74) is 0. The zero-order chi connectivity index (χ0) is 13.1. The van der Waals surface area contributed by atoms with E-state index in [1.54, 1.807) is 0 Å². The molecule has 0 saturated carbocycles. The molecule has 0 bridgehead atoms. The van der Waals surface area contributed by atoms with E-state index in [0.717, 1.165) is 13.0 Å². The summed E-state index contributed by atoms with van der Waals surface area (Å²) in [6.45, 7) is 10.6. The van der Waals surface area contributed by atoms with Crippen molar-refractivity contribution in [2.45, 2.75) is 52.2 Å². The van der Waals surface area contributed by atoms with Gasteiger partial charge in [-0.05, 0) is 45.2 Å². The van der Waals surface area contributed by atoms with E-state index in [1.807, 2.05) is 0 Å². The van der Waals surface area contributed by atoms with Gasteiger partial charge in [-0.1, -0.05) is 13.8 Å². The van der Waals surface area contributed by atoms with Crippen LogP contribution in [-0.4, -0.2) is 54.1 Å². The summed E-state index contributed by atoms with van der Waals surface area (Å²) in [5.74, 6) is 0.891. The Bertz CT molecular complexity index is 287. The van der Waals surface area contributed by atoms with Crippen molar-refractivity contribution in [1.82, 2.24) is 15.1 Å². The van der Waals surface area contributed by atoms with Crippen LogP contribution >= 0.6 is 0 Å². The molecule has 0 aromatic rings. The Balaban J connectivity index is 1.92. The lowest BCUT2D eigenvalue weighted by atomic mass is 10.1. The van der Waals surface area contributed by atoms with Gasteiger partial charge in [-0.2, -0.15) is 0 Å². The summed E-state index contributed by atoms with van der Waals surface area (Å²) in [6, 6.07) is 0.328. The summed E-state index contributed by atoms with van der Waals surface area (Å²) < 4.78 is 0. The van der Waals surface area contributed by atoms with Crippen molar-refractivity contribution in [2.75, 3.05) is 26.2 Å². The van der Waals surface area contributed by atoms with Crippen LogP contribution < -0.4 is 5.32 Å². The fraction of sp³-hybridized carbons (Fsp3) is 0.929. The van der Waals surface area contributed by atoms with E-state index < -0.39 is 0 Å². The van der Waals surface area contributed by atoms with Gasteiger partial charge in [-0.25, -0.2) is 0 Å². The third-order valence-electron chi connectivity index (χ3n) is 4.00. The number of rotatable bonds is 5. The maximum Gasteiger partial charge on any atom is 0.238 e. The van der Waals surface area contributed by atoms with Crippen molar-refractivity contribution in [3.05, 3.63) is 0 Å². The molecule has 2 rings (SSSR count). The minimum Gasteiger partial charge on any atom is -0.322 e. The van der Waals surface area contributed by atoms with E-state index in [-0.39, 0.29) is 12.1 Å². The Labute approximate surface area is 111 Å². The van der Waals surface area contributed by atoms with Crippen LogP contribution in [-0.2, 0) is 4.79 Å². The van der Waals surface area contributed by atoms with E-state index in [2.05, 4.69) is 35.9 Å². The van der Waals surface area contributed by atoms with Crippen LogP contribution in [0.3, 0.4) is 0 Å². The lowest BCUT2D eigenvalue weighted by Gasteiger charge is -2.33. The molecule has 2 aliphatic rings. The van der Waals surface area contributed by atoms with Crippen molar-refractivity contribution in [3.63, 3.8) is 0 Å². The molecule has 2 saturated heterocycles. The van der Waals surface area contributed by atoms with Crippen molar-refractivity contribution < 1.29 is 4.79 Å². The molecule has 0 aromatic carbocycles. The van der Waals surface area contributed by atoms with E-state index in [1.165, 1.54) is 25.9 Å². The maximum atomic E-state index is 12.0. The van der Waals surface area contributed by atoms with Crippen LogP contribution in [0.5, 0.6) is 0 Å². The molecular weight excluding hydrogens is 226 g/mol. The van der Waals surface area contributed by atoms with Crippen LogP contribution in [0.2, 0.25) is 0 Å². The summed E-state index contributed by atoms with van der Waals surface area (Å²) >= 11 is 0. The first-order chi connectivity index (χ1) is 8.58.